The van der Waals surface area contributed by atoms with Crippen LogP contribution in [0.4, 0.5) is 0 Å². The first-order valence-electron chi connectivity index (χ1n) is 3.04. The Morgan fingerprint density at radius 3 is 3.11 bits per heavy atom. The minimum absolute atomic E-state index is 0.0601. The summed E-state index contributed by atoms with van der Waals surface area (Å²) in [5.74, 6) is 0. The van der Waals surface area contributed by atoms with Crippen molar-refractivity contribution in [1.29, 1.82) is 0 Å². The summed E-state index contributed by atoms with van der Waals surface area (Å²) in [6, 6.07) is 0. The molecule has 1 rings (SSSR count). The van der Waals surface area contributed by atoms with Gasteiger partial charge >= 0.3 is 0 Å². The Hall–Kier alpha value is -0.220. The lowest BCUT2D eigenvalue weighted by Crippen LogP contribution is -2.32. The van der Waals surface area contributed by atoms with Crippen LogP contribution in [0.25, 0.3) is 0 Å². The van der Waals surface area contributed by atoms with Gasteiger partial charge in [0.05, 0.1) is 5.55 Å². The van der Waals surface area contributed by atoms with Gasteiger partial charge in [-0.25, -0.2) is 0 Å². The van der Waals surface area contributed by atoms with E-state index in [9.17, 15) is 0 Å². The van der Waals surface area contributed by atoms with E-state index in [1.165, 1.54) is 0 Å². The van der Waals surface area contributed by atoms with E-state index in [2.05, 4.69) is 12.0 Å². The summed E-state index contributed by atoms with van der Waals surface area (Å²) in [5.41, 5.74) is 7.48. The predicted molar refractivity (Wildman–Crippen MR) is 41.1 cm³/mol. The number of nitrogens with two attached hydrogens (primary N) is 1. The third-order valence-electron chi connectivity index (χ3n) is 1.14. The van der Waals surface area contributed by atoms with Gasteiger partial charge in [-0.3, -0.25) is 5.01 Å². The van der Waals surface area contributed by atoms with Crippen LogP contribution in [-0.2, 0) is 0 Å². The van der Waals surface area contributed by atoms with Crippen molar-refractivity contribution in [2.75, 3.05) is 6.54 Å². The summed E-state index contributed by atoms with van der Waals surface area (Å²) in [6.07, 6.45) is 1.10. The first-order valence-corrected chi connectivity index (χ1v) is 3.99. The van der Waals surface area contributed by atoms with Crippen molar-refractivity contribution in [3.05, 3.63) is 0 Å². The van der Waals surface area contributed by atoms with Gasteiger partial charge in [0.15, 0.2) is 0 Å². The molecule has 0 fully saturated rings. The molecule has 1 heterocycles. The monoisotopic (exact) mass is 145 g/mol. The first-order chi connectivity index (χ1) is 4.34. The van der Waals surface area contributed by atoms with E-state index in [-0.39, 0.29) is 5.50 Å². The van der Waals surface area contributed by atoms with Crippen LogP contribution in [0.2, 0.25) is 0 Å². The highest BCUT2D eigenvalue weighted by Gasteiger charge is 2.14. The number of thioether (sulfide) groups is 1. The lowest BCUT2D eigenvalue weighted by Gasteiger charge is -2.17. The molecule has 0 amide bonds. The Morgan fingerprint density at radius 2 is 2.67 bits per heavy atom. The second kappa shape index (κ2) is 3.08. The molecule has 0 saturated carbocycles. The third-order valence-corrected chi connectivity index (χ3v) is 1.88. The molecule has 52 valence electrons. The maximum Gasteiger partial charge on any atom is 0.147 e. The molecule has 0 radical (unpaired) electrons. The Morgan fingerprint density at radius 1 is 1.89 bits per heavy atom. The van der Waals surface area contributed by atoms with Crippen molar-refractivity contribution in [3.8, 4) is 0 Å². The van der Waals surface area contributed by atoms with E-state index >= 15 is 0 Å². The zero-order chi connectivity index (χ0) is 6.69. The van der Waals surface area contributed by atoms with Crippen molar-refractivity contribution < 1.29 is 0 Å². The van der Waals surface area contributed by atoms with Crippen LogP contribution in [0.3, 0.4) is 0 Å². The van der Waals surface area contributed by atoms with E-state index in [0.717, 1.165) is 13.0 Å². The summed E-state index contributed by atoms with van der Waals surface area (Å²) in [5, 5.41) is 5.95. The number of hydrazone groups is 1. The van der Waals surface area contributed by atoms with Gasteiger partial charge in [0.1, 0.15) is 5.50 Å². The Labute approximate surface area is 59.3 Å². The summed E-state index contributed by atoms with van der Waals surface area (Å²) >= 11 is 1.56. The van der Waals surface area contributed by atoms with E-state index in [0.29, 0.717) is 0 Å². The van der Waals surface area contributed by atoms with E-state index < -0.39 is 0 Å². The van der Waals surface area contributed by atoms with Crippen LogP contribution in [0, 0.1) is 0 Å². The van der Waals surface area contributed by atoms with Crippen LogP contribution >= 0.6 is 11.8 Å². The standard InChI is InChI=1S/C5H11N3S/c1-2-3-8-5(6)9-4-7-8/h4-5H,2-3,6H2,1H3. The van der Waals surface area contributed by atoms with Crippen molar-refractivity contribution in [1.82, 2.24) is 5.01 Å². The Kier molecular flexibility index (Phi) is 2.36. The molecular weight excluding hydrogens is 134 g/mol. The molecule has 0 bridgehead atoms. The van der Waals surface area contributed by atoms with Gasteiger partial charge in [-0.15, -0.1) is 0 Å². The molecule has 0 aliphatic carbocycles. The fourth-order valence-electron chi connectivity index (χ4n) is 0.700. The average molecular weight is 145 g/mol. The van der Waals surface area contributed by atoms with E-state index in [1.54, 1.807) is 17.3 Å². The quantitative estimate of drug-likeness (QED) is 0.619. The van der Waals surface area contributed by atoms with Gasteiger partial charge in [-0.1, -0.05) is 18.7 Å². The maximum atomic E-state index is 5.63. The molecule has 1 aliphatic heterocycles. The predicted octanol–water partition coefficient (Wildman–Crippen LogP) is 0.631. The highest BCUT2D eigenvalue weighted by Crippen LogP contribution is 2.15. The molecule has 1 unspecified atom stereocenters. The summed E-state index contributed by atoms with van der Waals surface area (Å²) in [6.45, 7) is 3.08. The minimum Gasteiger partial charge on any atom is -0.301 e. The number of rotatable bonds is 2. The zero-order valence-electron chi connectivity index (χ0n) is 5.45. The number of nitrogens with zero attached hydrogens (tertiary/aromatic N) is 2. The average Bonchev–Trinajstić information content (AvgIpc) is 2.18. The zero-order valence-corrected chi connectivity index (χ0v) is 6.27. The number of hydrogen-bond acceptors (Lipinski definition) is 4. The molecule has 1 aliphatic rings. The van der Waals surface area contributed by atoms with Crippen LogP contribution in [0.15, 0.2) is 5.10 Å². The molecule has 0 aromatic rings. The molecule has 2 N–H and O–H groups in total. The summed E-state index contributed by atoms with van der Waals surface area (Å²) in [7, 11) is 0. The highest BCUT2D eigenvalue weighted by atomic mass is 32.2. The molecular formula is C5H11N3S. The van der Waals surface area contributed by atoms with Crippen LogP contribution in [0.1, 0.15) is 13.3 Å². The molecule has 9 heavy (non-hydrogen) atoms. The Balaban J connectivity index is 2.31. The second-order valence-corrected chi connectivity index (χ2v) is 2.88. The van der Waals surface area contributed by atoms with Crippen molar-refractivity contribution in [2.24, 2.45) is 10.8 Å². The summed E-state index contributed by atoms with van der Waals surface area (Å²) in [4.78, 5) is 0. The molecule has 0 aromatic carbocycles. The van der Waals surface area contributed by atoms with Gasteiger partial charge in [0.25, 0.3) is 0 Å². The van der Waals surface area contributed by atoms with Gasteiger partial charge in [0, 0.05) is 6.54 Å². The fourth-order valence-corrected chi connectivity index (χ4v) is 1.30. The van der Waals surface area contributed by atoms with Gasteiger partial charge < -0.3 is 5.73 Å². The molecule has 4 heteroatoms. The third kappa shape index (κ3) is 1.59. The maximum absolute atomic E-state index is 5.63. The molecule has 1 atom stereocenters. The van der Waals surface area contributed by atoms with Gasteiger partial charge in [-0.2, -0.15) is 5.10 Å². The molecule has 0 spiro atoms. The lowest BCUT2D eigenvalue weighted by molar-refractivity contribution is 0.282. The second-order valence-electron chi connectivity index (χ2n) is 1.91. The van der Waals surface area contributed by atoms with Crippen molar-refractivity contribution >= 4 is 17.3 Å². The van der Waals surface area contributed by atoms with E-state index in [1.807, 2.05) is 5.01 Å². The fraction of sp³-hybridized carbons (Fsp3) is 0.800. The Bertz CT molecular complexity index is 115. The molecule has 0 aromatic heterocycles. The van der Waals surface area contributed by atoms with Crippen LogP contribution < -0.4 is 5.73 Å². The van der Waals surface area contributed by atoms with Gasteiger partial charge in [-0.05, 0) is 6.42 Å². The normalized spacial score (nSPS) is 25.6. The summed E-state index contributed by atoms with van der Waals surface area (Å²) < 4.78 is 0. The SMILES string of the molecule is CCCN1N=CSC1N. The van der Waals surface area contributed by atoms with Gasteiger partial charge in [0.2, 0.25) is 0 Å². The first kappa shape index (κ1) is 6.89. The lowest BCUT2D eigenvalue weighted by atomic mass is 10.5. The highest BCUT2D eigenvalue weighted by molar-refractivity contribution is 8.12. The largest absolute Gasteiger partial charge is 0.301 e. The minimum atomic E-state index is 0.0601. The topological polar surface area (TPSA) is 41.6 Å². The van der Waals surface area contributed by atoms with E-state index in [4.69, 9.17) is 5.73 Å². The number of hydrogen-bond donors (Lipinski definition) is 1. The smallest absolute Gasteiger partial charge is 0.147 e. The van der Waals surface area contributed by atoms with Crippen LogP contribution in [-0.4, -0.2) is 22.6 Å². The molecule has 0 saturated heterocycles. The van der Waals surface area contributed by atoms with Crippen molar-refractivity contribution in [2.45, 2.75) is 18.8 Å². The molecule has 3 nitrogen and oxygen atoms in total. The van der Waals surface area contributed by atoms with Crippen molar-refractivity contribution in [3.63, 3.8) is 0 Å². The van der Waals surface area contributed by atoms with Crippen LogP contribution in [0.5, 0.6) is 0 Å².